The van der Waals surface area contributed by atoms with Crippen molar-refractivity contribution in [3.8, 4) is 5.75 Å². The molecule has 0 aliphatic carbocycles. The first-order valence-electron chi connectivity index (χ1n) is 5.31. The standard InChI is InChI=1S/C9H13NO.C3H7NO2/c1-10(2)7-8-5-3-4-6-9(8)11;1-2-6-3(4)5/h3-6,11H,7H2,1-2H3;2H2,1H3,(H2,4,5). The number of carbonyl (C=O) groups excluding carboxylic acids is 1. The number of para-hydroxylation sites is 1. The minimum Gasteiger partial charge on any atom is -0.508 e. The molecule has 17 heavy (non-hydrogen) atoms. The van der Waals surface area contributed by atoms with Crippen molar-refractivity contribution in [3.63, 3.8) is 0 Å². The van der Waals surface area contributed by atoms with Gasteiger partial charge in [0.2, 0.25) is 0 Å². The van der Waals surface area contributed by atoms with Crippen LogP contribution < -0.4 is 5.73 Å². The number of phenolic OH excluding ortho intramolecular Hbond substituents is 1. The Morgan fingerprint density at radius 2 is 2.00 bits per heavy atom. The quantitative estimate of drug-likeness (QED) is 0.840. The number of benzene rings is 1. The number of aromatic hydroxyl groups is 1. The normalized spacial score (nSPS) is 9.41. The fourth-order valence-electron chi connectivity index (χ4n) is 1.13. The molecule has 0 saturated carbocycles. The van der Waals surface area contributed by atoms with Crippen LogP contribution in [0.25, 0.3) is 0 Å². The van der Waals surface area contributed by atoms with Gasteiger partial charge in [0.15, 0.2) is 0 Å². The smallest absolute Gasteiger partial charge is 0.404 e. The lowest BCUT2D eigenvalue weighted by atomic mass is 10.2. The number of amides is 1. The van der Waals surface area contributed by atoms with E-state index in [-0.39, 0.29) is 0 Å². The molecule has 0 radical (unpaired) electrons. The maximum Gasteiger partial charge on any atom is 0.404 e. The van der Waals surface area contributed by atoms with Crippen molar-refractivity contribution in [2.45, 2.75) is 13.5 Å². The molecule has 1 aromatic carbocycles. The van der Waals surface area contributed by atoms with Crippen molar-refractivity contribution >= 4 is 6.09 Å². The maximum atomic E-state index is 9.60. The highest BCUT2D eigenvalue weighted by atomic mass is 16.5. The zero-order chi connectivity index (χ0) is 13.3. The molecule has 0 atom stereocenters. The van der Waals surface area contributed by atoms with Crippen molar-refractivity contribution in [2.24, 2.45) is 5.73 Å². The molecule has 1 amide bonds. The average molecular weight is 240 g/mol. The van der Waals surface area contributed by atoms with Gasteiger partial charge >= 0.3 is 6.09 Å². The number of phenols is 1. The van der Waals surface area contributed by atoms with E-state index < -0.39 is 6.09 Å². The number of carbonyl (C=O) groups is 1. The molecule has 0 spiro atoms. The number of ether oxygens (including phenoxy) is 1. The van der Waals surface area contributed by atoms with Gasteiger partial charge in [-0.25, -0.2) is 4.79 Å². The van der Waals surface area contributed by atoms with E-state index in [4.69, 9.17) is 0 Å². The molecule has 1 aromatic rings. The van der Waals surface area contributed by atoms with Crippen molar-refractivity contribution in [1.29, 1.82) is 0 Å². The van der Waals surface area contributed by atoms with Crippen LogP contribution >= 0.6 is 0 Å². The molecule has 0 aliphatic rings. The molecule has 5 heteroatoms. The topological polar surface area (TPSA) is 75.8 Å². The number of hydrogen-bond acceptors (Lipinski definition) is 4. The highest BCUT2D eigenvalue weighted by Crippen LogP contribution is 2.16. The molecule has 5 nitrogen and oxygen atoms in total. The molecule has 0 fully saturated rings. The first kappa shape index (κ1) is 15.2. The summed E-state index contributed by atoms with van der Waals surface area (Å²) < 4.78 is 4.18. The summed E-state index contributed by atoms with van der Waals surface area (Å²) in [5.41, 5.74) is 5.51. The molecular weight excluding hydrogens is 220 g/mol. The number of nitrogens with zero attached hydrogens (tertiary/aromatic N) is 1. The van der Waals surface area contributed by atoms with Gasteiger partial charge in [-0.05, 0) is 27.1 Å². The lowest BCUT2D eigenvalue weighted by Gasteiger charge is -2.10. The fourth-order valence-corrected chi connectivity index (χ4v) is 1.13. The second-order valence-electron chi connectivity index (χ2n) is 3.62. The monoisotopic (exact) mass is 240 g/mol. The summed E-state index contributed by atoms with van der Waals surface area (Å²) in [6.07, 6.45) is -0.711. The maximum absolute atomic E-state index is 9.60. The Kier molecular flexibility index (Phi) is 7.54. The zero-order valence-electron chi connectivity index (χ0n) is 10.5. The van der Waals surface area contributed by atoms with E-state index in [1.165, 1.54) is 0 Å². The second-order valence-corrected chi connectivity index (χ2v) is 3.62. The van der Waals surface area contributed by atoms with Crippen molar-refractivity contribution in [1.82, 2.24) is 4.90 Å². The van der Waals surface area contributed by atoms with E-state index >= 15 is 0 Å². The number of primary amides is 1. The first-order chi connectivity index (χ1) is 7.97. The van der Waals surface area contributed by atoms with Gasteiger partial charge in [0.05, 0.1) is 6.61 Å². The Morgan fingerprint density at radius 3 is 2.35 bits per heavy atom. The minimum atomic E-state index is -0.711. The van der Waals surface area contributed by atoms with Crippen molar-refractivity contribution in [2.75, 3.05) is 20.7 Å². The van der Waals surface area contributed by atoms with Crippen LogP contribution in [0.15, 0.2) is 24.3 Å². The summed E-state index contributed by atoms with van der Waals surface area (Å²) in [4.78, 5) is 11.6. The van der Waals surface area contributed by atoms with Crippen LogP contribution in [-0.2, 0) is 11.3 Å². The molecular formula is C12H20N2O3. The van der Waals surface area contributed by atoms with Gasteiger partial charge in [-0.2, -0.15) is 0 Å². The Bertz CT molecular complexity index is 340. The van der Waals surface area contributed by atoms with Gasteiger partial charge in [0, 0.05) is 12.1 Å². The Hall–Kier alpha value is -1.75. The highest BCUT2D eigenvalue weighted by Gasteiger charge is 1.98. The molecule has 0 heterocycles. The number of rotatable bonds is 3. The van der Waals surface area contributed by atoms with Crippen LogP contribution in [0.1, 0.15) is 12.5 Å². The SMILES string of the molecule is CCOC(N)=O.CN(C)Cc1ccccc1O. The molecule has 0 bridgehead atoms. The number of nitrogens with two attached hydrogens (primary N) is 1. The Balaban J connectivity index is 0.000000366. The molecule has 0 saturated heterocycles. The lowest BCUT2D eigenvalue weighted by molar-refractivity contribution is 0.163. The summed E-state index contributed by atoms with van der Waals surface area (Å²) in [6, 6.07) is 7.39. The molecule has 96 valence electrons. The predicted octanol–water partition coefficient (Wildman–Crippen LogP) is 1.56. The van der Waals surface area contributed by atoms with E-state index in [1.807, 2.05) is 37.2 Å². The van der Waals surface area contributed by atoms with E-state index in [0.717, 1.165) is 12.1 Å². The molecule has 3 N–H and O–H groups in total. The second kappa shape index (κ2) is 8.41. The van der Waals surface area contributed by atoms with Gasteiger partial charge in [-0.3, -0.25) is 0 Å². The molecule has 0 aliphatic heterocycles. The van der Waals surface area contributed by atoms with E-state index in [1.54, 1.807) is 13.0 Å². The van der Waals surface area contributed by atoms with Crippen LogP contribution in [0, 0.1) is 0 Å². The van der Waals surface area contributed by atoms with Crippen molar-refractivity contribution in [3.05, 3.63) is 29.8 Å². The zero-order valence-corrected chi connectivity index (χ0v) is 10.5. The lowest BCUT2D eigenvalue weighted by Crippen LogP contribution is -2.11. The Morgan fingerprint density at radius 1 is 1.41 bits per heavy atom. The van der Waals surface area contributed by atoms with Gasteiger partial charge in [-0.1, -0.05) is 18.2 Å². The van der Waals surface area contributed by atoms with Gasteiger partial charge in [0.1, 0.15) is 5.75 Å². The molecule has 0 unspecified atom stereocenters. The molecule has 0 aromatic heterocycles. The van der Waals surface area contributed by atoms with E-state index in [2.05, 4.69) is 10.5 Å². The summed E-state index contributed by atoms with van der Waals surface area (Å²) >= 11 is 0. The van der Waals surface area contributed by atoms with Gasteiger partial charge in [-0.15, -0.1) is 0 Å². The summed E-state index contributed by atoms with van der Waals surface area (Å²) in [7, 11) is 3.96. The van der Waals surface area contributed by atoms with Crippen LogP contribution in [0.3, 0.4) is 0 Å². The summed E-state index contributed by atoms with van der Waals surface area (Å²) in [5, 5.41) is 9.33. The number of hydrogen-bond donors (Lipinski definition) is 2. The minimum absolute atomic E-state index is 0.356. The van der Waals surface area contributed by atoms with E-state index in [9.17, 15) is 9.90 Å². The van der Waals surface area contributed by atoms with Gasteiger partial charge in [0.25, 0.3) is 0 Å². The van der Waals surface area contributed by atoms with E-state index in [0.29, 0.717) is 12.4 Å². The average Bonchev–Trinajstić information content (AvgIpc) is 2.21. The fraction of sp³-hybridized carbons (Fsp3) is 0.417. The van der Waals surface area contributed by atoms with Crippen LogP contribution in [0.2, 0.25) is 0 Å². The summed E-state index contributed by atoms with van der Waals surface area (Å²) in [5.74, 6) is 0.376. The Labute approximate surface area is 102 Å². The van der Waals surface area contributed by atoms with Crippen LogP contribution in [0.5, 0.6) is 5.75 Å². The highest BCUT2D eigenvalue weighted by molar-refractivity contribution is 5.64. The van der Waals surface area contributed by atoms with Crippen LogP contribution in [-0.4, -0.2) is 36.8 Å². The van der Waals surface area contributed by atoms with Crippen LogP contribution in [0.4, 0.5) is 4.79 Å². The largest absolute Gasteiger partial charge is 0.508 e. The van der Waals surface area contributed by atoms with Gasteiger partial charge < -0.3 is 20.5 Å². The van der Waals surface area contributed by atoms with Crippen molar-refractivity contribution < 1.29 is 14.6 Å². The molecule has 1 rings (SSSR count). The predicted molar refractivity (Wildman–Crippen MR) is 66.7 cm³/mol. The summed E-state index contributed by atoms with van der Waals surface area (Å²) in [6.45, 7) is 2.84. The first-order valence-corrected chi connectivity index (χ1v) is 5.31. The third-order valence-electron chi connectivity index (χ3n) is 1.76. The third kappa shape index (κ3) is 8.10. The third-order valence-corrected chi connectivity index (χ3v) is 1.76.